The fraction of sp³-hybridized carbons (Fsp3) is 0.483. The highest BCUT2D eigenvalue weighted by atomic mass is 32.2. The first-order valence-electron chi connectivity index (χ1n) is 14.4. The summed E-state index contributed by atoms with van der Waals surface area (Å²) in [6.07, 6.45) is -1.58. The van der Waals surface area contributed by atoms with Gasteiger partial charge >= 0.3 is 6.18 Å². The van der Waals surface area contributed by atoms with Gasteiger partial charge in [0, 0.05) is 56.7 Å². The summed E-state index contributed by atoms with van der Waals surface area (Å²) in [5, 5.41) is 11.8. The lowest BCUT2D eigenvalue weighted by atomic mass is 9.87. The molecule has 6 rings (SSSR count). The molecule has 0 spiro atoms. The summed E-state index contributed by atoms with van der Waals surface area (Å²) in [6.45, 7) is 3.85. The van der Waals surface area contributed by atoms with Crippen molar-refractivity contribution in [2.45, 2.75) is 49.3 Å². The Bertz CT molecular complexity index is 1750. The van der Waals surface area contributed by atoms with Crippen LogP contribution in [0.1, 0.15) is 36.8 Å². The molecule has 3 heterocycles. The molecule has 3 aromatic rings. The van der Waals surface area contributed by atoms with Crippen LogP contribution in [0.5, 0.6) is 5.75 Å². The molecule has 44 heavy (non-hydrogen) atoms. The molecule has 236 valence electrons. The topological polar surface area (TPSA) is 119 Å². The fourth-order valence-corrected chi connectivity index (χ4v) is 8.54. The lowest BCUT2D eigenvalue weighted by Crippen LogP contribution is -2.48. The highest BCUT2D eigenvalue weighted by molar-refractivity contribution is 7.86. The standard InChI is InChI=1S/C29H30F3N3O7S2/c30-29(31,32)20-14-23-25(36)16-27(43-28(23)24(15-20)35(37)38)34-10-8-33(9-11-34)17-18-1-3-21(4-2-18)42-44(39,40)22-5-6-26-19(13-22)7-12-41-26/h5-6,13-16,18,21H,1-4,7-12,17H2. The molecule has 15 heteroatoms. The second-order valence-corrected chi connectivity index (χ2v) is 14.0. The van der Waals surface area contributed by atoms with Gasteiger partial charge in [0.2, 0.25) is 0 Å². The Kier molecular flexibility index (Phi) is 8.32. The molecule has 2 fully saturated rings. The SMILES string of the molecule is O=c1cc(N2CCN(CC3CCC(OS(=O)(=O)c4ccc5c(c4)CCO5)CC3)CC2)sc2c([N+](=O)[O-])cc(C(F)(F)F)cc12. The molecular formula is C29H30F3N3O7S2. The summed E-state index contributed by atoms with van der Waals surface area (Å²) in [7, 11) is -3.87. The van der Waals surface area contributed by atoms with Crippen molar-refractivity contribution >= 4 is 42.2 Å². The maximum absolute atomic E-state index is 13.3. The van der Waals surface area contributed by atoms with Gasteiger partial charge in [-0.3, -0.25) is 24.0 Å². The number of nitro benzene ring substituents is 1. The minimum atomic E-state index is -4.81. The van der Waals surface area contributed by atoms with E-state index in [1.54, 1.807) is 12.1 Å². The number of hydrogen-bond acceptors (Lipinski definition) is 10. The van der Waals surface area contributed by atoms with E-state index in [1.165, 1.54) is 12.1 Å². The van der Waals surface area contributed by atoms with Crippen LogP contribution in [-0.4, -0.2) is 63.7 Å². The van der Waals surface area contributed by atoms with Crippen molar-refractivity contribution in [2.75, 3.05) is 44.2 Å². The number of alkyl halides is 3. The van der Waals surface area contributed by atoms with E-state index in [0.29, 0.717) is 80.8 Å². The van der Waals surface area contributed by atoms with Crippen LogP contribution in [0.4, 0.5) is 23.9 Å². The van der Waals surface area contributed by atoms with Crippen molar-refractivity contribution < 1.29 is 35.4 Å². The maximum Gasteiger partial charge on any atom is 0.416 e. The predicted molar refractivity (Wildman–Crippen MR) is 158 cm³/mol. The third kappa shape index (κ3) is 6.41. The molecule has 2 aromatic carbocycles. The average Bonchev–Trinajstić information content (AvgIpc) is 3.46. The molecule has 0 N–H and O–H groups in total. The predicted octanol–water partition coefficient (Wildman–Crippen LogP) is 5.21. The van der Waals surface area contributed by atoms with E-state index in [-0.39, 0.29) is 21.1 Å². The van der Waals surface area contributed by atoms with Crippen LogP contribution in [-0.2, 0) is 26.9 Å². The first-order valence-corrected chi connectivity index (χ1v) is 16.6. The summed E-state index contributed by atoms with van der Waals surface area (Å²) in [4.78, 5) is 27.9. The largest absolute Gasteiger partial charge is 0.493 e. The molecule has 0 bridgehead atoms. The van der Waals surface area contributed by atoms with Gasteiger partial charge in [-0.2, -0.15) is 21.6 Å². The van der Waals surface area contributed by atoms with E-state index in [2.05, 4.69) is 4.90 Å². The van der Waals surface area contributed by atoms with Crippen molar-refractivity contribution in [3.8, 4) is 5.75 Å². The number of nitro groups is 1. The number of fused-ring (bicyclic) bond motifs is 2. The number of hydrogen-bond donors (Lipinski definition) is 0. The monoisotopic (exact) mass is 653 g/mol. The third-order valence-corrected chi connectivity index (χ3v) is 11.1. The van der Waals surface area contributed by atoms with Gasteiger partial charge in [0.05, 0.1) is 33.1 Å². The molecule has 0 amide bonds. The Morgan fingerprint density at radius 2 is 1.77 bits per heavy atom. The number of ether oxygens (including phenoxy) is 1. The van der Waals surface area contributed by atoms with E-state index in [9.17, 15) is 36.5 Å². The van der Waals surface area contributed by atoms with Gasteiger partial charge in [0.25, 0.3) is 15.8 Å². The minimum absolute atomic E-state index is 0.0703. The van der Waals surface area contributed by atoms with Crippen LogP contribution in [0.3, 0.4) is 0 Å². The van der Waals surface area contributed by atoms with Crippen molar-refractivity contribution in [3.63, 3.8) is 0 Å². The Morgan fingerprint density at radius 3 is 2.45 bits per heavy atom. The molecular weight excluding hydrogens is 623 g/mol. The molecule has 1 aromatic heterocycles. The number of non-ortho nitro benzene ring substituents is 1. The second kappa shape index (κ2) is 11.9. The fourth-order valence-electron chi connectivity index (χ4n) is 6.16. The zero-order valence-electron chi connectivity index (χ0n) is 23.5. The number of nitrogens with zero attached hydrogens (tertiary/aromatic N) is 3. The normalized spacial score (nSPS) is 21.3. The molecule has 0 unspecified atom stereocenters. The summed E-state index contributed by atoms with van der Waals surface area (Å²) < 4.78 is 76.6. The van der Waals surface area contributed by atoms with Gasteiger partial charge in [-0.25, -0.2) is 0 Å². The quantitative estimate of drug-likeness (QED) is 0.192. The molecule has 1 saturated heterocycles. The van der Waals surface area contributed by atoms with Crippen molar-refractivity contribution in [2.24, 2.45) is 5.92 Å². The van der Waals surface area contributed by atoms with E-state index < -0.39 is 37.9 Å². The molecule has 2 aliphatic heterocycles. The highest BCUT2D eigenvalue weighted by Crippen LogP contribution is 2.39. The first-order chi connectivity index (χ1) is 20.9. The number of benzene rings is 2. The van der Waals surface area contributed by atoms with Crippen LogP contribution in [0.25, 0.3) is 10.1 Å². The lowest BCUT2D eigenvalue weighted by Gasteiger charge is -2.38. The van der Waals surface area contributed by atoms with Crippen molar-refractivity contribution in [1.82, 2.24) is 4.90 Å². The molecule has 1 saturated carbocycles. The number of rotatable bonds is 7. The summed E-state index contributed by atoms with van der Waals surface area (Å²) in [5.74, 6) is 1.09. The number of piperazine rings is 1. The molecule has 0 atom stereocenters. The lowest BCUT2D eigenvalue weighted by molar-refractivity contribution is -0.383. The maximum atomic E-state index is 13.3. The smallest absolute Gasteiger partial charge is 0.416 e. The zero-order valence-corrected chi connectivity index (χ0v) is 25.2. The summed E-state index contributed by atoms with van der Waals surface area (Å²) >= 11 is 0.957. The van der Waals surface area contributed by atoms with Gasteiger partial charge in [-0.05, 0) is 61.4 Å². The van der Waals surface area contributed by atoms with Crippen LogP contribution in [0, 0.1) is 16.0 Å². The minimum Gasteiger partial charge on any atom is -0.493 e. The van der Waals surface area contributed by atoms with Crippen LogP contribution >= 0.6 is 11.3 Å². The molecule has 1 aliphatic carbocycles. The number of anilines is 1. The van der Waals surface area contributed by atoms with E-state index in [1.807, 2.05) is 4.90 Å². The van der Waals surface area contributed by atoms with Crippen LogP contribution < -0.4 is 15.1 Å². The van der Waals surface area contributed by atoms with Gasteiger partial charge < -0.3 is 9.64 Å². The van der Waals surface area contributed by atoms with E-state index in [4.69, 9.17) is 8.92 Å². The van der Waals surface area contributed by atoms with Gasteiger partial charge in [-0.1, -0.05) is 0 Å². The van der Waals surface area contributed by atoms with Crippen molar-refractivity contribution in [1.29, 1.82) is 0 Å². The van der Waals surface area contributed by atoms with Gasteiger partial charge in [0.15, 0.2) is 5.43 Å². The third-order valence-electron chi connectivity index (χ3n) is 8.53. The van der Waals surface area contributed by atoms with E-state index >= 15 is 0 Å². The second-order valence-electron chi connectivity index (χ2n) is 11.4. The summed E-state index contributed by atoms with van der Waals surface area (Å²) in [6, 6.07) is 7.25. The average molecular weight is 654 g/mol. The Labute approximate surface area is 255 Å². The Hall–Kier alpha value is -3.27. The van der Waals surface area contributed by atoms with Crippen LogP contribution in [0.2, 0.25) is 0 Å². The van der Waals surface area contributed by atoms with Crippen molar-refractivity contribution in [3.05, 3.63) is 67.9 Å². The van der Waals surface area contributed by atoms with Gasteiger partial charge in [-0.15, -0.1) is 11.3 Å². The summed E-state index contributed by atoms with van der Waals surface area (Å²) in [5.41, 5.74) is -1.77. The molecule has 10 nitrogen and oxygen atoms in total. The van der Waals surface area contributed by atoms with E-state index in [0.717, 1.165) is 36.3 Å². The Morgan fingerprint density at radius 1 is 1.05 bits per heavy atom. The molecule has 0 radical (unpaired) electrons. The highest BCUT2D eigenvalue weighted by Gasteiger charge is 2.35. The van der Waals surface area contributed by atoms with Gasteiger partial charge in [0.1, 0.15) is 10.4 Å². The zero-order chi connectivity index (χ0) is 31.2. The molecule has 3 aliphatic rings. The first kappa shape index (κ1) is 30.7. The number of halogens is 3. The Balaban J connectivity index is 1.04. The van der Waals surface area contributed by atoms with Crippen LogP contribution in [0.15, 0.2) is 46.1 Å².